The minimum absolute atomic E-state index is 0.246. The number of benzene rings is 1. The summed E-state index contributed by atoms with van der Waals surface area (Å²) in [7, 11) is 3.70. The van der Waals surface area contributed by atoms with E-state index in [2.05, 4.69) is 37.9 Å². The average Bonchev–Trinajstić information content (AvgIpc) is 3.46. The van der Waals surface area contributed by atoms with Crippen LogP contribution in [0.3, 0.4) is 0 Å². The monoisotopic (exact) mass is 441 g/mol. The van der Waals surface area contributed by atoms with Crippen molar-refractivity contribution in [2.75, 3.05) is 38.3 Å². The fraction of sp³-hybridized carbons (Fsp3) is 0.609. The first kappa shape index (κ1) is 22.4. The van der Waals surface area contributed by atoms with E-state index in [-0.39, 0.29) is 12.1 Å². The zero-order valence-electron chi connectivity index (χ0n) is 19.4. The predicted octanol–water partition coefficient (Wildman–Crippen LogP) is 2.02. The molecule has 174 valence electrons. The van der Waals surface area contributed by atoms with Crippen molar-refractivity contribution in [3.63, 3.8) is 0 Å². The normalized spacial score (nSPS) is 21.6. The summed E-state index contributed by atoms with van der Waals surface area (Å²) in [6.07, 6.45) is 4.66. The first-order valence-corrected chi connectivity index (χ1v) is 11.5. The van der Waals surface area contributed by atoms with Gasteiger partial charge in [-0.15, -0.1) is 10.2 Å². The van der Waals surface area contributed by atoms with Crippen LogP contribution < -0.4 is 20.3 Å². The van der Waals surface area contributed by atoms with Gasteiger partial charge in [0.15, 0.2) is 11.8 Å². The highest BCUT2D eigenvalue weighted by atomic mass is 16.5. The third-order valence-corrected chi connectivity index (χ3v) is 6.27. The number of hydrogen-bond acceptors (Lipinski definition) is 6. The van der Waals surface area contributed by atoms with E-state index in [9.17, 15) is 0 Å². The minimum Gasteiger partial charge on any atom is -0.495 e. The van der Waals surface area contributed by atoms with Crippen LogP contribution in [0.1, 0.15) is 37.3 Å². The maximum Gasteiger partial charge on any atom is 0.192 e. The van der Waals surface area contributed by atoms with Crippen LogP contribution in [0, 0.1) is 6.92 Å². The molecule has 2 aliphatic heterocycles. The third kappa shape index (κ3) is 5.51. The molecular formula is C23H35N7O2. The second-order valence-electron chi connectivity index (χ2n) is 8.50. The zero-order valence-corrected chi connectivity index (χ0v) is 19.4. The van der Waals surface area contributed by atoms with Crippen molar-refractivity contribution in [3.8, 4) is 5.75 Å². The van der Waals surface area contributed by atoms with Gasteiger partial charge in [0.25, 0.3) is 0 Å². The molecule has 32 heavy (non-hydrogen) atoms. The van der Waals surface area contributed by atoms with Gasteiger partial charge in [-0.25, -0.2) is 4.99 Å². The zero-order chi connectivity index (χ0) is 22.3. The van der Waals surface area contributed by atoms with Gasteiger partial charge >= 0.3 is 0 Å². The quantitative estimate of drug-likeness (QED) is 0.502. The molecular weight excluding hydrogens is 406 g/mol. The van der Waals surface area contributed by atoms with E-state index in [1.54, 1.807) is 7.11 Å². The Morgan fingerprint density at radius 3 is 2.88 bits per heavy atom. The lowest BCUT2D eigenvalue weighted by molar-refractivity contribution is 0.113. The smallest absolute Gasteiger partial charge is 0.192 e. The second kappa shape index (κ2) is 10.7. The highest BCUT2D eigenvalue weighted by molar-refractivity contribution is 5.80. The third-order valence-electron chi connectivity index (χ3n) is 6.27. The Bertz CT molecular complexity index is 907. The predicted molar refractivity (Wildman–Crippen MR) is 125 cm³/mol. The van der Waals surface area contributed by atoms with Crippen LogP contribution >= 0.6 is 0 Å². The summed E-state index contributed by atoms with van der Waals surface area (Å²) in [5.74, 6) is 3.45. The Hall–Kier alpha value is -2.81. The molecule has 2 atom stereocenters. The summed E-state index contributed by atoms with van der Waals surface area (Å²) in [6, 6.07) is 8.50. The summed E-state index contributed by atoms with van der Waals surface area (Å²) in [4.78, 5) is 7.22. The number of aliphatic imine (C=N–C) groups is 1. The van der Waals surface area contributed by atoms with E-state index in [1.807, 2.05) is 30.7 Å². The molecule has 2 saturated heterocycles. The number of nitrogens with one attached hydrogen (secondary N) is 2. The van der Waals surface area contributed by atoms with Gasteiger partial charge in [-0.3, -0.25) is 0 Å². The maximum atomic E-state index is 5.79. The van der Waals surface area contributed by atoms with E-state index in [0.717, 1.165) is 81.0 Å². The Labute approximate surface area is 190 Å². The Morgan fingerprint density at radius 2 is 2.12 bits per heavy atom. The van der Waals surface area contributed by atoms with Gasteiger partial charge in [0.05, 0.1) is 18.9 Å². The van der Waals surface area contributed by atoms with Gasteiger partial charge in [0.2, 0.25) is 0 Å². The highest BCUT2D eigenvalue weighted by Gasteiger charge is 2.24. The van der Waals surface area contributed by atoms with Crippen molar-refractivity contribution >= 4 is 11.6 Å². The van der Waals surface area contributed by atoms with Crippen LogP contribution in [0.5, 0.6) is 5.75 Å². The van der Waals surface area contributed by atoms with E-state index >= 15 is 0 Å². The van der Waals surface area contributed by atoms with Crippen LogP contribution in [0.15, 0.2) is 29.3 Å². The lowest BCUT2D eigenvalue weighted by Crippen LogP contribution is -2.52. The minimum atomic E-state index is 0.246. The molecule has 4 rings (SSSR count). The molecule has 1 aromatic carbocycles. The fourth-order valence-corrected chi connectivity index (χ4v) is 4.31. The van der Waals surface area contributed by atoms with E-state index in [4.69, 9.17) is 14.5 Å². The molecule has 0 radical (unpaired) electrons. The Balaban J connectivity index is 1.43. The van der Waals surface area contributed by atoms with Crippen molar-refractivity contribution < 1.29 is 9.47 Å². The van der Waals surface area contributed by atoms with Gasteiger partial charge in [-0.05, 0) is 44.7 Å². The first-order chi connectivity index (χ1) is 15.6. The van der Waals surface area contributed by atoms with Gasteiger partial charge < -0.3 is 29.6 Å². The number of aromatic nitrogens is 3. The molecule has 2 unspecified atom stereocenters. The van der Waals surface area contributed by atoms with Gasteiger partial charge in [-0.2, -0.15) is 0 Å². The van der Waals surface area contributed by atoms with Crippen molar-refractivity contribution in [3.05, 3.63) is 35.9 Å². The fourth-order valence-electron chi connectivity index (χ4n) is 4.31. The topological polar surface area (TPSA) is 88.8 Å². The van der Waals surface area contributed by atoms with Crippen LogP contribution in [0.2, 0.25) is 0 Å². The number of anilines is 1. The number of nitrogens with zero attached hydrogens (tertiary/aromatic N) is 5. The molecule has 9 heteroatoms. The highest BCUT2D eigenvalue weighted by Crippen LogP contribution is 2.29. The van der Waals surface area contributed by atoms with Gasteiger partial charge in [-0.1, -0.05) is 12.1 Å². The Morgan fingerprint density at radius 1 is 1.25 bits per heavy atom. The molecule has 0 bridgehead atoms. The van der Waals surface area contributed by atoms with Crippen molar-refractivity contribution in [2.24, 2.45) is 12.0 Å². The van der Waals surface area contributed by atoms with Gasteiger partial charge in [0, 0.05) is 39.3 Å². The standard InChI is InChI=1S/C23H35N7O2/c1-17-27-28-22(29(17)2)15-25-23(24-14-19-9-7-13-32-19)26-18-8-6-12-30(16-18)20-10-4-5-11-21(20)31-3/h4-5,10-11,18-19H,6-9,12-16H2,1-3H3,(H2,24,25,26). The van der Waals surface area contributed by atoms with Gasteiger partial charge in [0.1, 0.15) is 18.1 Å². The van der Waals surface area contributed by atoms with Crippen LogP contribution in [0.25, 0.3) is 0 Å². The SMILES string of the molecule is COc1ccccc1N1CCCC(NC(=NCc2nnc(C)n2C)NCC2CCCO2)C1. The summed E-state index contributed by atoms with van der Waals surface area (Å²) in [6.45, 7) is 5.94. The summed E-state index contributed by atoms with van der Waals surface area (Å²) in [5, 5.41) is 15.5. The molecule has 9 nitrogen and oxygen atoms in total. The van der Waals surface area contributed by atoms with Crippen LogP contribution in [-0.2, 0) is 18.3 Å². The van der Waals surface area contributed by atoms with Crippen molar-refractivity contribution in [1.29, 1.82) is 0 Å². The number of rotatable bonds is 7. The number of hydrogen-bond donors (Lipinski definition) is 2. The van der Waals surface area contributed by atoms with E-state index in [1.165, 1.54) is 0 Å². The number of guanidine groups is 1. The largest absolute Gasteiger partial charge is 0.495 e. The lowest BCUT2D eigenvalue weighted by atomic mass is 10.0. The molecule has 1 aromatic heterocycles. The molecule has 0 spiro atoms. The summed E-state index contributed by atoms with van der Waals surface area (Å²) >= 11 is 0. The van der Waals surface area contributed by atoms with Crippen molar-refractivity contribution in [1.82, 2.24) is 25.4 Å². The number of ether oxygens (including phenoxy) is 2. The number of piperidine rings is 1. The average molecular weight is 442 g/mol. The first-order valence-electron chi connectivity index (χ1n) is 11.5. The molecule has 2 aliphatic rings. The van der Waals surface area contributed by atoms with E-state index in [0.29, 0.717) is 6.54 Å². The molecule has 0 amide bonds. The molecule has 3 heterocycles. The molecule has 2 N–H and O–H groups in total. The number of aryl methyl sites for hydroxylation is 1. The molecule has 2 aromatic rings. The van der Waals surface area contributed by atoms with E-state index < -0.39 is 0 Å². The Kier molecular flexibility index (Phi) is 7.47. The number of para-hydroxylation sites is 2. The summed E-state index contributed by atoms with van der Waals surface area (Å²) < 4.78 is 13.3. The van der Waals surface area contributed by atoms with Crippen molar-refractivity contribution in [2.45, 2.75) is 51.3 Å². The second-order valence-corrected chi connectivity index (χ2v) is 8.50. The van der Waals surface area contributed by atoms with Crippen LogP contribution in [0.4, 0.5) is 5.69 Å². The molecule has 2 fully saturated rings. The lowest BCUT2D eigenvalue weighted by Gasteiger charge is -2.36. The molecule has 0 saturated carbocycles. The maximum absolute atomic E-state index is 5.79. The molecule has 0 aliphatic carbocycles. The van der Waals surface area contributed by atoms with Crippen LogP contribution in [-0.4, -0.2) is 66.2 Å². The summed E-state index contributed by atoms with van der Waals surface area (Å²) in [5.41, 5.74) is 1.14. The number of methoxy groups -OCH3 is 1.